The van der Waals surface area contributed by atoms with E-state index in [0.29, 0.717) is 6.04 Å². The van der Waals surface area contributed by atoms with Crippen LogP contribution >= 0.6 is 24.0 Å². The average molecular weight is 442 g/mol. The highest BCUT2D eigenvalue weighted by atomic mass is 35.5. The summed E-state index contributed by atoms with van der Waals surface area (Å²) in [7, 11) is 3.90. The van der Waals surface area contributed by atoms with Crippen molar-refractivity contribution in [2.24, 2.45) is 0 Å². The lowest BCUT2D eigenvalue weighted by molar-refractivity contribution is 0.0926. The fourth-order valence-electron chi connectivity index (χ4n) is 3.35. The number of benzene rings is 1. The molecule has 1 heterocycles. The molecule has 1 aliphatic rings. The number of halogens is 3. The third kappa shape index (κ3) is 6.18. The highest BCUT2D eigenvalue weighted by molar-refractivity contribution is 6.30. The van der Waals surface area contributed by atoms with Gasteiger partial charge in [0.05, 0.1) is 5.02 Å². The predicted octanol–water partition coefficient (Wildman–Crippen LogP) is 4.22. The molecule has 1 aromatic carbocycles. The lowest BCUT2D eigenvalue weighted by Gasteiger charge is -2.30. The largest absolute Gasteiger partial charge is 0.367 e. The maximum Gasteiger partial charge on any atom is 0.251 e. The van der Waals surface area contributed by atoms with Gasteiger partial charge in [-0.15, -0.1) is 12.4 Å². The molecule has 3 rings (SSSR count). The molecular formula is C20H26Cl2FN5O. The summed E-state index contributed by atoms with van der Waals surface area (Å²) >= 11 is 5.67. The van der Waals surface area contributed by atoms with Crippen LogP contribution in [0.4, 0.5) is 16.0 Å². The summed E-state index contributed by atoms with van der Waals surface area (Å²) in [6.45, 7) is 1.88. The molecule has 158 valence electrons. The Hall–Kier alpha value is -2.12. The summed E-state index contributed by atoms with van der Waals surface area (Å²) in [4.78, 5) is 23.2. The van der Waals surface area contributed by atoms with E-state index in [2.05, 4.69) is 20.6 Å². The van der Waals surface area contributed by atoms with E-state index < -0.39 is 5.82 Å². The second-order valence-electron chi connectivity index (χ2n) is 7.35. The molecule has 0 bridgehead atoms. The van der Waals surface area contributed by atoms with Crippen LogP contribution in [0.2, 0.25) is 5.02 Å². The number of rotatable bonds is 5. The second-order valence-corrected chi connectivity index (χ2v) is 7.76. The first-order valence-corrected chi connectivity index (χ1v) is 9.75. The van der Waals surface area contributed by atoms with Crippen molar-refractivity contribution >= 4 is 41.6 Å². The predicted molar refractivity (Wildman–Crippen MR) is 117 cm³/mol. The van der Waals surface area contributed by atoms with E-state index in [-0.39, 0.29) is 34.9 Å². The zero-order valence-electron chi connectivity index (χ0n) is 16.7. The van der Waals surface area contributed by atoms with Crippen molar-refractivity contribution in [3.05, 3.63) is 46.5 Å². The smallest absolute Gasteiger partial charge is 0.251 e. The van der Waals surface area contributed by atoms with Crippen LogP contribution in [-0.4, -0.2) is 42.1 Å². The number of nitrogens with one attached hydrogen (secondary N) is 2. The lowest BCUT2D eigenvalue weighted by atomic mass is 9.91. The zero-order chi connectivity index (χ0) is 20.3. The average Bonchev–Trinajstić information content (AvgIpc) is 2.65. The van der Waals surface area contributed by atoms with Gasteiger partial charge in [-0.1, -0.05) is 11.6 Å². The van der Waals surface area contributed by atoms with E-state index in [1.165, 1.54) is 18.2 Å². The minimum Gasteiger partial charge on any atom is -0.367 e. The Bertz CT molecular complexity index is 857. The van der Waals surface area contributed by atoms with Crippen molar-refractivity contribution in [3.63, 3.8) is 0 Å². The first kappa shape index (κ1) is 23.2. The molecule has 0 atom stereocenters. The van der Waals surface area contributed by atoms with Gasteiger partial charge in [0.1, 0.15) is 23.3 Å². The third-order valence-electron chi connectivity index (χ3n) is 4.88. The molecule has 1 aromatic heterocycles. The Kier molecular flexibility index (Phi) is 8.05. The Balaban J connectivity index is 0.00000300. The normalized spacial score (nSPS) is 18.5. The highest BCUT2D eigenvalue weighted by Gasteiger charge is 2.23. The van der Waals surface area contributed by atoms with Gasteiger partial charge in [-0.25, -0.2) is 14.4 Å². The van der Waals surface area contributed by atoms with Crippen LogP contribution in [0.15, 0.2) is 24.3 Å². The van der Waals surface area contributed by atoms with Crippen LogP contribution < -0.4 is 15.5 Å². The van der Waals surface area contributed by atoms with E-state index in [0.717, 1.165) is 43.1 Å². The van der Waals surface area contributed by atoms with Gasteiger partial charge in [-0.05, 0) is 50.8 Å². The zero-order valence-corrected chi connectivity index (χ0v) is 18.3. The quantitative estimate of drug-likeness (QED) is 0.726. The van der Waals surface area contributed by atoms with Crippen molar-refractivity contribution in [3.8, 4) is 0 Å². The number of aryl methyl sites for hydroxylation is 1. The van der Waals surface area contributed by atoms with Crippen molar-refractivity contribution in [1.29, 1.82) is 0 Å². The first-order valence-electron chi connectivity index (χ1n) is 9.37. The number of anilines is 2. The summed E-state index contributed by atoms with van der Waals surface area (Å²) in [5.74, 6) is 1.56. The summed E-state index contributed by atoms with van der Waals surface area (Å²) < 4.78 is 13.5. The van der Waals surface area contributed by atoms with E-state index in [1.807, 2.05) is 32.0 Å². The standard InChI is InChI=1S/C20H25ClFN5O.ClH/c1-12-23-18(11-19(24-12)27(2)3)25-14-5-7-15(8-6-14)26-20(28)13-4-9-16(21)17(22)10-13;/h4,9-11,14-15H,5-8H2,1-3H3,(H,26,28)(H,23,24,25);1H/t14-,15+;. The Labute approximate surface area is 181 Å². The molecule has 6 nitrogen and oxygen atoms in total. The topological polar surface area (TPSA) is 70.2 Å². The molecule has 0 saturated heterocycles. The fourth-order valence-corrected chi connectivity index (χ4v) is 3.47. The Morgan fingerprint density at radius 2 is 1.79 bits per heavy atom. The number of nitrogens with zero attached hydrogens (tertiary/aromatic N) is 3. The van der Waals surface area contributed by atoms with Crippen LogP contribution in [0.1, 0.15) is 41.9 Å². The molecule has 1 aliphatic carbocycles. The molecule has 1 fully saturated rings. The molecule has 2 N–H and O–H groups in total. The maximum atomic E-state index is 13.5. The number of hydrogen-bond acceptors (Lipinski definition) is 5. The lowest BCUT2D eigenvalue weighted by Crippen LogP contribution is -2.40. The summed E-state index contributed by atoms with van der Waals surface area (Å²) in [5.41, 5.74) is 0.287. The molecule has 9 heteroatoms. The van der Waals surface area contributed by atoms with Crippen LogP contribution in [0.3, 0.4) is 0 Å². The van der Waals surface area contributed by atoms with Crippen molar-refractivity contribution in [2.75, 3.05) is 24.3 Å². The molecule has 1 saturated carbocycles. The van der Waals surface area contributed by atoms with Crippen LogP contribution in [0, 0.1) is 12.7 Å². The Morgan fingerprint density at radius 1 is 1.14 bits per heavy atom. The maximum absolute atomic E-state index is 13.5. The van der Waals surface area contributed by atoms with Gasteiger partial charge in [-0.3, -0.25) is 4.79 Å². The van der Waals surface area contributed by atoms with E-state index in [4.69, 9.17) is 11.6 Å². The molecule has 0 unspecified atom stereocenters. The van der Waals surface area contributed by atoms with Crippen molar-refractivity contribution in [2.45, 2.75) is 44.7 Å². The van der Waals surface area contributed by atoms with Crippen molar-refractivity contribution in [1.82, 2.24) is 15.3 Å². The molecule has 0 aliphatic heterocycles. The van der Waals surface area contributed by atoms with E-state index in [9.17, 15) is 9.18 Å². The van der Waals surface area contributed by atoms with Crippen LogP contribution in [0.25, 0.3) is 0 Å². The minimum atomic E-state index is -0.584. The van der Waals surface area contributed by atoms with E-state index in [1.54, 1.807) is 0 Å². The minimum absolute atomic E-state index is 0. The monoisotopic (exact) mass is 441 g/mol. The summed E-state index contributed by atoms with van der Waals surface area (Å²) in [5, 5.41) is 6.49. The van der Waals surface area contributed by atoms with Gasteiger partial charge in [0.25, 0.3) is 5.91 Å². The summed E-state index contributed by atoms with van der Waals surface area (Å²) in [6.07, 6.45) is 3.54. The number of aromatic nitrogens is 2. The molecule has 29 heavy (non-hydrogen) atoms. The van der Waals surface area contributed by atoms with Crippen molar-refractivity contribution < 1.29 is 9.18 Å². The second kappa shape index (κ2) is 10.1. The number of carbonyl (C=O) groups is 1. The number of amides is 1. The molecule has 0 spiro atoms. The third-order valence-corrected chi connectivity index (χ3v) is 5.19. The molecular weight excluding hydrogens is 416 g/mol. The molecule has 0 radical (unpaired) electrons. The SMILES string of the molecule is Cc1nc(N[C@H]2CC[C@@H](NC(=O)c3ccc(Cl)c(F)c3)CC2)cc(N(C)C)n1.Cl. The Morgan fingerprint density at radius 3 is 2.41 bits per heavy atom. The van der Waals surface area contributed by atoms with Gasteiger partial charge < -0.3 is 15.5 Å². The highest BCUT2D eigenvalue weighted by Crippen LogP contribution is 2.24. The van der Waals surface area contributed by atoms with E-state index >= 15 is 0 Å². The van der Waals surface area contributed by atoms with Gasteiger partial charge in [0, 0.05) is 37.8 Å². The summed E-state index contributed by atoms with van der Waals surface area (Å²) in [6, 6.07) is 6.42. The van der Waals surface area contributed by atoms with Crippen LogP contribution in [0.5, 0.6) is 0 Å². The molecule has 2 aromatic rings. The number of carbonyl (C=O) groups excluding carboxylic acids is 1. The fraction of sp³-hybridized carbons (Fsp3) is 0.450. The van der Waals surface area contributed by atoms with Gasteiger partial charge in [0.15, 0.2) is 0 Å². The molecule has 1 amide bonds. The van der Waals surface area contributed by atoms with Gasteiger partial charge in [0.2, 0.25) is 0 Å². The number of hydrogen-bond donors (Lipinski definition) is 2. The first-order chi connectivity index (χ1) is 13.3. The van der Waals surface area contributed by atoms with Gasteiger partial charge in [-0.2, -0.15) is 0 Å². The van der Waals surface area contributed by atoms with Gasteiger partial charge >= 0.3 is 0 Å². The van der Waals surface area contributed by atoms with Crippen LogP contribution in [-0.2, 0) is 0 Å².